The minimum atomic E-state index is -0.245. The van der Waals surface area contributed by atoms with Gasteiger partial charge in [0.2, 0.25) is 5.89 Å². The molecule has 0 saturated carbocycles. The largest absolute Gasteiger partial charge is 0.497 e. The van der Waals surface area contributed by atoms with Gasteiger partial charge < -0.3 is 19.2 Å². The number of anilines is 1. The summed E-state index contributed by atoms with van der Waals surface area (Å²) in [6, 6.07) is 24.9. The minimum absolute atomic E-state index is 0.0926. The zero-order chi connectivity index (χ0) is 22.8. The van der Waals surface area contributed by atoms with Crippen molar-refractivity contribution in [3.05, 3.63) is 84.4 Å². The lowest BCUT2D eigenvalue weighted by atomic mass is 10.1. The zero-order valence-corrected chi connectivity index (χ0v) is 18.3. The van der Waals surface area contributed by atoms with Crippen molar-refractivity contribution < 1.29 is 18.7 Å². The minimum Gasteiger partial charge on any atom is -0.497 e. The summed E-state index contributed by atoms with van der Waals surface area (Å²) in [4.78, 5) is 17.1. The molecule has 0 aliphatic carbocycles. The number of aromatic nitrogens is 1. The van der Waals surface area contributed by atoms with Crippen molar-refractivity contribution in [1.29, 1.82) is 0 Å². The van der Waals surface area contributed by atoms with Crippen LogP contribution in [0.15, 0.2) is 83.3 Å². The number of ether oxygens (including phenoxy) is 2. The monoisotopic (exact) mass is 438 g/mol. The molecule has 0 saturated heterocycles. The van der Waals surface area contributed by atoms with Crippen LogP contribution >= 0.6 is 0 Å². The molecule has 164 valence electrons. The standard InChI is InChI=1S/C27H22N2O4/c1-17-7-8-20(27-29-24-15-21(31-2)11-12-25(24)33-27)14-23(17)28-26(30)16-32-22-10-9-18-5-3-4-6-19(18)13-22/h3-15H,16H2,1-2H3,(H,28,30). The lowest BCUT2D eigenvalue weighted by molar-refractivity contribution is -0.118. The molecule has 6 nitrogen and oxygen atoms in total. The molecule has 0 radical (unpaired) electrons. The summed E-state index contributed by atoms with van der Waals surface area (Å²) in [6.45, 7) is 1.84. The molecule has 1 N–H and O–H groups in total. The molecule has 5 rings (SSSR count). The van der Waals surface area contributed by atoms with E-state index < -0.39 is 0 Å². The molecule has 0 aliphatic heterocycles. The fourth-order valence-electron chi connectivity index (χ4n) is 3.64. The summed E-state index contributed by atoms with van der Waals surface area (Å²) in [7, 11) is 1.61. The predicted molar refractivity (Wildman–Crippen MR) is 129 cm³/mol. The summed E-state index contributed by atoms with van der Waals surface area (Å²) in [5, 5.41) is 5.12. The van der Waals surface area contributed by atoms with Crippen molar-refractivity contribution in [2.45, 2.75) is 6.92 Å². The van der Waals surface area contributed by atoms with Gasteiger partial charge >= 0.3 is 0 Å². The van der Waals surface area contributed by atoms with Gasteiger partial charge in [0.05, 0.1) is 7.11 Å². The van der Waals surface area contributed by atoms with Gasteiger partial charge in [0.1, 0.15) is 17.0 Å². The smallest absolute Gasteiger partial charge is 0.262 e. The molecular weight excluding hydrogens is 416 g/mol. The van der Waals surface area contributed by atoms with Gasteiger partial charge in [-0.05, 0) is 59.7 Å². The van der Waals surface area contributed by atoms with E-state index in [4.69, 9.17) is 13.9 Å². The number of amides is 1. The van der Waals surface area contributed by atoms with Gasteiger partial charge in [0, 0.05) is 17.3 Å². The number of aryl methyl sites for hydroxylation is 1. The zero-order valence-electron chi connectivity index (χ0n) is 18.3. The normalized spacial score (nSPS) is 11.0. The van der Waals surface area contributed by atoms with Crippen LogP contribution in [-0.4, -0.2) is 24.6 Å². The van der Waals surface area contributed by atoms with Crippen LogP contribution in [0.1, 0.15) is 5.56 Å². The second-order valence-electron chi connectivity index (χ2n) is 7.73. The summed E-state index contributed by atoms with van der Waals surface area (Å²) in [5.74, 6) is 1.59. The molecule has 33 heavy (non-hydrogen) atoms. The van der Waals surface area contributed by atoms with E-state index in [1.165, 1.54) is 0 Å². The number of benzene rings is 4. The second-order valence-corrected chi connectivity index (χ2v) is 7.73. The molecule has 4 aromatic carbocycles. The number of carbonyl (C=O) groups is 1. The average molecular weight is 438 g/mol. The Morgan fingerprint density at radius 2 is 1.76 bits per heavy atom. The van der Waals surface area contributed by atoms with Gasteiger partial charge in [-0.2, -0.15) is 0 Å². The topological polar surface area (TPSA) is 73.6 Å². The molecule has 0 bridgehead atoms. The number of fused-ring (bicyclic) bond motifs is 2. The molecule has 0 atom stereocenters. The van der Waals surface area contributed by atoms with E-state index in [1.807, 2.05) is 85.8 Å². The highest BCUT2D eigenvalue weighted by Crippen LogP contribution is 2.29. The molecular formula is C27H22N2O4. The van der Waals surface area contributed by atoms with Gasteiger partial charge in [0.25, 0.3) is 5.91 Å². The van der Waals surface area contributed by atoms with E-state index in [0.717, 1.165) is 21.9 Å². The van der Waals surface area contributed by atoms with Crippen LogP contribution in [0.4, 0.5) is 5.69 Å². The van der Waals surface area contributed by atoms with Crippen molar-refractivity contribution in [2.24, 2.45) is 0 Å². The number of hydrogen-bond acceptors (Lipinski definition) is 5. The van der Waals surface area contributed by atoms with Crippen molar-refractivity contribution in [2.75, 3.05) is 19.0 Å². The van der Waals surface area contributed by atoms with E-state index in [1.54, 1.807) is 7.11 Å². The van der Waals surface area contributed by atoms with Gasteiger partial charge in [-0.1, -0.05) is 36.4 Å². The number of rotatable bonds is 6. The predicted octanol–water partition coefficient (Wildman–Crippen LogP) is 5.98. The van der Waals surface area contributed by atoms with Crippen LogP contribution in [-0.2, 0) is 4.79 Å². The third-order valence-corrected chi connectivity index (χ3v) is 5.44. The third-order valence-electron chi connectivity index (χ3n) is 5.44. The van der Waals surface area contributed by atoms with Gasteiger partial charge in [-0.15, -0.1) is 0 Å². The number of nitrogens with zero attached hydrogens (tertiary/aromatic N) is 1. The summed E-state index contributed by atoms with van der Waals surface area (Å²) in [5.41, 5.74) is 3.75. The number of nitrogens with one attached hydrogen (secondary N) is 1. The first-order chi connectivity index (χ1) is 16.1. The Labute approximate surface area is 190 Å². The Morgan fingerprint density at radius 3 is 2.61 bits per heavy atom. The van der Waals surface area contributed by atoms with Gasteiger partial charge in [0.15, 0.2) is 12.2 Å². The molecule has 6 heteroatoms. The Balaban J connectivity index is 1.31. The first kappa shape index (κ1) is 20.6. The molecule has 1 amide bonds. The Bertz CT molecular complexity index is 1470. The highest BCUT2D eigenvalue weighted by molar-refractivity contribution is 5.93. The van der Waals surface area contributed by atoms with Crippen LogP contribution in [0.2, 0.25) is 0 Å². The molecule has 0 fully saturated rings. The average Bonchev–Trinajstić information content (AvgIpc) is 3.27. The number of oxazole rings is 1. The summed E-state index contributed by atoms with van der Waals surface area (Å²) >= 11 is 0. The molecule has 1 heterocycles. The van der Waals surface area contributed by atoms with E-state index >= 15 is 0 Å². The first-order valence-electron chi connectivity index (χ1n) is 10.6. The van der Waals surface area contributed by atoms with Crippen molar-refractivity contribution in [3.63, 3.8) is 0 Å². The molecule has 5 aromatic rings. The number of methoxy groups -OCH3 is 1. The quantitative estimate of drug-likeness (QED) is 0.353. The van der Waals surface area contributed by atoms with Crippen molar-refractivity contribution in [3.8, 4) is 23.0 Å². The Kier molecular flexibility index (Phi) is 5.40. The Hall–Kier alpha value is -4.32. The molecule has 0 aliphatic rings. The number of hydrogen-bond donors (Lipinski definition) is 1. The summed E-state index contributed by atoms with van der Waals surface area (Å²) < 4.78 is 16.9. The van der Waals surface area contributed by atoms with E-state index in [-0.39, 0.29) is 12.5 Å². The van der Waals surface area contributed by atoms with Crippen LogP contribution < -0.4 is 14.8 Å². The van der Waals surface area contributed by atoms with Gasteiger partial charge in [-0.25, -0.2) is 4.98 Å². The highest BCUT2D eigenvalue weighted by atomic mass is 16.5. The Morgan fingerprint density at radius 1 is 0.939 bits per heavy atom. The molecule has 1 aromatic heterocycles. The highest BCUT2D eigenvalue weighted by Gasteiger charge is 2.13. The second kappa shape index (κ2) is 8.67. The van der Waals surface area contributed by atoms with Gasteiger partial charge in [-0.3, -0.25) is 4.79 Å². The SMILES string of the molecule is COc1ccc2oc(-c3ccc(C)c(NC(=O)COc4ccc5ccccc5c4)c3)nc2c1. The fraction of sp³-hybridized carbons (Fsp3) is 0.111. The van der Waals surface area contributed by atoms with E-state index in [9.17, 15) is 4.79 Å². The van der Waals surface area contributed by atoms with E-state index in [0.29, 0.717) is 34.2 Å². The maximum absolute atomic E-state index is 12.6. The van der Waals surface area contributed by atoms with Crippen molar-refractivity contribution in [1.82, 2.24) is 4.98 Å². The lowest BCUT2D eigenvalue weighted by Gasteiger charge is -2.11. The fourth-order valence-corrected chi connectivity index (χ4v) is 3.64. The first-order valence-corrected chi connectivity index (χ1v) is 10.6. The van der Waals surface area contributed by atoms with Crippen LogP contribution in [0.25, 0.3) is 33.3 Å². The van der Waals surface area contributed by atoms with Crippen LogP contribution in [0, 0.1) is 6.92 Å². The van der Waals surface area contributed by atoms with Crippen LogP contribution in [0.3, 0.4) is 0 Å². The summed E-state index contributed by atoms with van der Waals surface area (Å²) in [6.07, 6.45) is 0. The van der Waals surface area contributed by atoms with Crippen molar-refractivity contribution >= 4 is 33.5 Å². The third kappa shape index (κ3) is 4.36. The lowest BCUT2D eigenvalue weighted by Crippen LogP contribution is -2.20. The van der Waals surface area contributed by atoms with E-state index in [2.05, 4.69) is 10.3 Å². The maximum Gasteiger partial charge on any atom is 0.262 e. The maximum atomic E-state index is 12.6. The van der Waals surface area contributed by atoms with Crippen LogP contribution in [0.5, 0.6) is 11.5 Å². The number of carbonyl (C=O) groups excluding carboxylic acids is 1. The molecule has 0 spiro atoms. The molecule has 0 unspecified atom stereocenters.